The van der Waals surface area contributed by atoms with Gasteiger partial charge in [-0.25, -0.2) is 4.98 Å². The first-order chi connectivity index (χ1) is 7.54. The van der Waals surface area contributed by atoms with Crippen LogP contribution in [0.15, 0.2) is 12.1 Å². The third-order valence-corrected chi connectivity index (χ3v) is 2.67. The van der Waals surface area contributed by atoms with Crippen LogP contribution in [0.4, 0.5) is 11.5 Å². The van der Waals surface area contributed by atoms with Gasteiger partial charge in [0.15, 0.2) is 5.82 Å². The molecular weight excluding hydrogens is 226 g/mol. The molecule has 0 bridgehead atoms. The third-order valence-electron chi connectivity index (χ3n) is 2.46. The van der Waals surface area contributed by atoms with Gasteiger partial charge < -0.3 is 16.2 Å². The Morgan fingerprint density at radius 1 is 1.50 bits per heavy atom. The third kappa shape index (κ3) is 3.54. The molecule has 16 heavy (non-hydrogen) atoms. The minimum atomic E-state index is 0.135. The van der Waals surface area contributed by atoms with Crippen molar-refractivity contribution in [3.05, 3.63) is 17.3 Å². The van der Waals surface area contributed by atoms with Crippen molar-refractivity contribution >= 4 is 23.1 Å². The van der Waals surface area contributed by atoms with Gasteiger partial charge in [-0.05, 0) is 24.5 Å². The molecule has 0 aliphatic heterocycles. The summed E-state index contributed by atoms with van der Waals surface area (Å²) in [7, 11) is 0. The number of hydrogen-bond acceptors (Lipinski definition) is 4. The van der Waals surface area contributed by atoms with Crippen LogP contribution in [-0.4, -0.2) is 22.7 Å². The van der Waals surface area contributed by atoms with E-state index in [1.54, 1.807) is 12.1 Å². The van der Waals surface area contributed by atoms with Crippen molar-refractivity contribution in [2.45, 2.75) is 26.3 Å². The maximum Gasteiger partial charge on any atom is 0.151 e. The van der Waals surface area contributed by atoms with Crippen LogP contribution in [0.5, 0.6) is 0 Å². The van der Waals surface area contributed by atoms with Gasteiger partial charge in [0, 0.05) is 12.6 Å². The highest BCUT2D eigenvalue weighted by atomic mass is 35.5. The molecule has 0 spiro atoms. The molecule has 1 aromatic heterocycles. The van der Waals surface area contributed by atoms with Gasteiger partial charge in [-0.3, -0.25) is 0 Å². The summed E-state index contributed by atoms with van der Waals surface area (Å²) in [5.41, 5.74) is 6.35. The van der Waals surface area contributed by atoms with E-state index < -0.39 is 0 Å². The number of hydrogen-bond donors (Lipinski definition) is 3. The molecule has 0 aliphatic rings. The van der Waals surface area contributed by atoms with Gasteiger partial charge in [0.25, 0.3) is 0 Å². The molecule has 1 heterocycles. The van der Waals surface area contributed by atoms with Gasteiger partial charge in [-0.15, -0.1) is 0 Å². The van der Waals surface area contributed by atoms with E-state index in [-0.39, 0.29) is 12.6 Å². The average Bonchev–Trinajstić information content (AvgIpc) is 2.22. The molecule has 1 unspecified atom stereocenters. The van der Waals surface area contributed by atoms with Crippen molar-refractivity contribution in [3.63, 3.8) is 0 Å². The molecule has 1 atom stereocenters. The quantitative estimate of drug-likeness (QED) is 0.693. The number of nitrogens with one attached hydrogen (secondary N) is 1. The van der Waals surface area contributed by atoms with Gasteiger partial charge in [0.05, 0.1) is 5.69 Å². The van der Waals surface area contributed by atoms with Crippen LogP contribution < -0.4 is 11.1 Å². The van der Waals surface area contributed by atoms with Crippen molar-refractivity contribution < 1.29 is 5.11 Å². The van der Waals surface area contributed by atoms with Gasteiger partial charge in [0.2, 0.25) is 0 Å². The lowest BCUT2D eigenvalue weighted by Gasteiger charge is -2.22. The number of nitrogens with zero attached hydrogens (tertiary/aromatic N) is 1. The van der Waals surface area contributed by atoms with Crippen LogP contribution in [-0.2, 0) is 0 Å². The van der Waals surface area contributed by atoms with E-state index in [0.29, 0.717) is 29.0 Å². The Balaban J connectivity index is 2.80. The Labute approximate surface area is 101 Å². The number of pyridine rings is 1. The monoisotopic (exact) mass is 243 g/mol. The molecule has 90 valence electrons. The maximum absolute atomic E-state index is 8.97. The molecule has 1 rings (SSSR count). The summed E-state index contributed by atoms with van der Waals surface area (Å²) < 4.78 is 0. The number of aliphatic hydroxyl groups excluding tert-OH is 1. The van der Waals surface area contributed by atoms with Crippen LogP contribution in [0, 0.1) is 5.92 Å². The first-order valence-corrected chi connectivity index (χ1v) is 5.71. The van der Waals surface area contributed by atoms with Crippen LogP contribution in [0.2, 0.25) is 5.15 Å². The summed E-state index contributed by atoms with van der Waals surface area (Å²) in [5.74, 6) is 0.965. The van der Waals surface area contributed by atoms with Crippen molar-refractivity contribution in [2.24, 2.45) is 5.92 Å². The van der Waals surface area contributed by atoms with Gasteiger partial charge in [0.1, 0.15) is 5.15 Å². The lowest BCUT2D eigenvalue weighted by Crippen LogP contribution is -2.27. The number of nitrogens with two attached hydrogens (primary N) is 1. The molecule has 1 aromatic rings. The number of rotatable bonds is 5. The second-order valence-electron chi connectivity index (χ2n) is 4.08. The lowest BCUT2D eigenvalue weighted by atomic mass is 10.0. The number of halogens is 1. The fourth-order valence-electron chi connectivity index (χ4n) is 1.45. The van der Waals surface area contributed by atoms with Crippen molar-refractivity contribution in [1.82, 2.24) is 4.98 Å². The van der Waals surface area contributed by atoms with Crippen LogP contribution >= 0.6 is 11.6 Å². The first-order valence-electron chi connectivity index (χ1n) is 5.34. The van der Waals surface area contributed by atoms with Crippen molar-refractivity contribution in [1.29, 1.82) is 0 Å². The highest BCUT2D eigenvalue weighted by Gasteiger charge is 2.14. The highest BCUT2D eigenvalue weighted by Crippen LogP contribution is 2.21. The standard InChI is InChI=1S/C11H18ClN3O/c1-7(2)9(5-6-16)14-11-8(13)3-4-10(12)15-11/h3-4,7,9,16H,5-6,13H2,1-2H3,(H,14,15). The summed E-state index contributed by atoms with van der Waals surface area (Å²) in [6.07, 6.45) is 0.658. The number of aliphatic hydroxyl groups is 1. The van der Waals surface area contributed by atoms with E-state index in [1.807, 2.05) is 0 Å². The topological polar surface area (TPSA) is 71.2 Å². The fourth-order valence-corrected chi connectivity index (χ4v) is 1.60. The Kier molecular flexibility index (Phi) is 4.83. The van der Waals surface area contributed by atoms with E-state index in [2.05, 4.69) is 24.1 Å². The lowest BCUT2D eigenvalue weighted by molar-refractivity contribution is 0.267. The Bertz CT molecular complexity index is 344. The molecule has 0 saturated carbocycles. The van der Waals surface area contributed by atoms with Crippen LogP contribution in [0.3, 0.4) is 0 Å². The Hall–Kier alpha value is -1.00. The summed E-state index contributed by atoms with van der Waals surface area (Å²) >= 11 is 5.80. The van der Waals surface area contributed by atoms with Crippen LogP contribution in [0.1, 0.15) is 20.3 Å². The summed E-state index contributed by atoms with van der Waals surface area (Å²) in [4.78, 5) is 4.12. The van der Waals surface area contributed by atoms with Gasteiger partial charge in [-0.1, -0.05) is 25.4 Å². The second-order valence-corrected chi connectivity index (χ2v) is 4.47. The molecule has 4 nitrogen and oxygen atoms in total. The molecule has 0 saturated heterocycles. The SMILES string of the molecule is CC(C)C(CCO)Nc1nc(Cl)ccc1N. The first kappa shape index (κ1) is 13.1. The molecule has 4 N–H and O–H groups in total. The number of anilines is 2. The van der Waals surface area contributed by atoms with Gasteiger partial charge >= 0.3 is 0 Å². The zero-order chi connectivity index (χ0) is 12.1. The molecule has 0 fully saturated rings. The number of nitrogen functional groups attached to an aromatic ring is 1. The van der Waals surface area contributed by atoms with E-state index in [0.717, 1.165) is 0 Å². The summed E-state index contributed by atoms with van der Waals surface area (Å²) in [6, 6.07) is 3.50. The smallest absolute Gasteiger partial charge is 0.151 e. The van der Waals surface area contributed by atoms with E-state index in [9.17, 15) is 0 Å². The van der Waals surface area contributed by atoms with E-state index >= 15 is 0 Å². The molecule has 0 aromatic carbocycles. The number of aromatic nitrogens is 1. The normalized spacial score (nSPS) is 12.8. The van der Waals surface area contributed by atoms with Gasteiger partial charge in [-0.2, -0.15) is 0 Å². The zero-order valence-corrected chi connectivity index (χ0v) is 10.3. The largest absolute Gasteiger partial charge is 0.396 e. The molecule has 0 radical (unpaired) electrons. The molecule has 5 heteroatoms. The molecule has 0 amide bonds. The predicted octanol–water partition coefficient (Wildman–Crippen LogP) is 2.14. The van der Waals surface area contributed by atoms with Crippen LogP contribution in [0.25, 0.3) is 0 Å². The highest BCUT2D eigenvalue weighted by molar-refractivity contribution is 6.29. The Morgan fingerprint density at radius 2 is 2.19 bits per heavy atom. The fraction of sp³-hybridized carbons (Fsp3) is 0.545. The van der Waals surface area contributed by atoms with Crippen molar-refractivity contribution in [3.8, 4) is 0 Å². The Morgan fingerprint density at radius 3 is 2.75 bits per heavy atom. The minimum Gasteiger partial charge on any atom is -0.396 e. The summed E-state index contributed by atoms with van der Waals surface area (Å²) in [5, 5.41) is 12.6. The van der Waals surface area contributed by atoms with E-state index in [1.165, 1.54) is 0 Å². The van der Waals surface area contributed by atoms with E-state index in [4.69, 9.17) is 22.4 Å². The molecule has 0 aliphatic carbocycles. The molecular formula is C11H18ClN3O. The zero-order valence-electron chi connectivity index (χ0n) is 9.57. The second kappa shape index (κ2) is 5.92. The maximum atomic E-state index is 8.97. The summed E-state index contributed by atoms with van der Waals surface area (Å²) in [6.45, 7) is 4.29. The minimum absolute atomic E-state index is 0.135. The average molecular weight is 244 g/mol. The van der Waals surface area contributed by atoms with Crippen molar-refractivity contribution in [2.75, 3.05) is 17.7 Å². The predicted molar refractivity (Wildman–Crippen MR) is 67.6 cm³/mol.